The van der Waals surface area contributed by atoms with Crippen molar-refractivity contribution in [3.05, 3.63) is 16.2 Å². The topological polar surface area (TPSA) is 107 Å². The van der Waals surface area contributed by atoms with Gasteiger partial charge in [-0.3, -0.25) is 10.1 Å². The molecule has 0 amide bonds. The van der Waals surface area contributed by atoms with Crippen molar-refractivity contribution in [1.82, 2.24) is 0 Å². The van der Waals surface area contributed by atoms with Gasteiger partial charge in [0.15, 0.2) is 5.00 Å². The third kappa shape index (κ3) is 2.62. The minimum atomic E-state index is -3.89. The van der Waals surface area contributed by atoms with Crippen molar-refractivity contribution in [2.24, 2.45) is 5.14 Å². The number of sulfonamides is 1. The number of thiophene rings is 1. The van der Waals surface area contributed by atoms with Gasteiger partial charge in [0.1, 0.15) is 4.21 Å². The Morgan fingerprint density at radius 3 is 2.44 bits per heavy atom. The molecule has 0 spiro atoms. The average Bonchev–Trinajstić information content (AvgIpc) is 2.74. The lowest BCUT2D eigenvalue weighted by molar-refractivity contribution is -0.383. The molecule has 0 atom stereocenters. The fourth-order valence-corrected chi connectivity index (χ4v) is 3.83. The van der Waals surface area contributed by atoms with Crippen LogP contribution in [0.1, 0.15) is 19.3 Å². The summed E-state index contributed by atoms with van der Waals surface area (Å²) in [6.07, 6.45) is 3.01. The van der Waals surface area contributed by atoms with Crippen LogP contribution in [0.2, 0.25) is 0 Å². The summed E-state index contributed by atoms with van der Waals surface area (Å²) in [5.41, 5.74) is -0.175. The van der Waals surface area contributed by atoms with Gasteiger partial charge in [0.2, 0.25) is 10.0 Å². The number of nitrogens with zero attached hydrogens (tertiary/aromatic N) is 2. The van der Waals surface area contributed by atoms with Crippen LogP contribution in [0.4, 0.5) is 10.7 Å². The van der Waals surface area contributed by atoms with E-state index in [4.69, 9.17) is 5.14 Å². The van der Waals surface area contributed by atoms with E-state index in [-0.39, 0.29) is 9.90 Å². The van der Waals surface area contributed by atoms with E-state index in [1.54, 1.807) is 0 Å². The molecule has 0 bridgehead atoms. The van der Waals surface area contributed by atoms with Crippen molar-refractivity contribution in [3.8, 4) is 0 Å². The van der Waals surface area contributed by atoms with Crippen molar-refractivity contribution in [2.75, 3.05) is 18.0 Å². The van der Waals surface area contributed by atoms with Crippen molar-refractivity contribution < 1.29 is 13.3 Å². The maximum absolute atomic E-state index is 11.3. The van der Waals surface area contributed by atoms with E-state index in [1.807, 2.05) is 4.90 Å². The average molecular weight is 291 g/mol. The standard InChI is InChI=1S/C9H13N3O4S2/c10-18(15,16)8-6-7(12(13)14)9(17-8)11-4-2-1-3-5-11/h6H,1-5H2,(H2,10,15,16). The Morgan fingerprint density at radius 2 is 1.94 bits per heavy atom. The highest BCUT2D eigenvalue weighted by atomic mass is 32.2. The summed E-state index contributed by atoms with van der Waals surface area (Å²) < 4.78 is 22.3. The number of rotatable bonds is 3. The maximum Gasteiger partial charge on any atom is 0.305 e. The number of piperidine rings is 1. The molecule has 0 aliphatic carbocycles. The van der Waals surface area contributed by atoms with Crippen LogP contribution in [-0.2, 0) is 10.0 Å². The van der Waals surface area contributed by atoms with Gasteiger partial charge in [-0.15, -0.1) is 0 Å². The van der Waals surface area contributed by atoms with E-state index in [9.17, 15) is 18.5 Å². The largest absolute Gasteiger partial charge is 0.358 e. The van der Waals surface area contributed by atoms with Crippen LogP contribution in [0.5, 0.6) is 0 Å². The smallest absolute Gasteiger partial charge is 0.305 e. The highest BCUT2D eigenvalue weighted by Gasteiger charge is 2.28. The normalized spacial score (nSPS) is 16.8. The highest BCUT2D eigenvalue weighted by molar-refractivity contribution is 7.91. The lowest BCUT2D eigenvalue weighted by Gasteiger charge is -2.26. The summed E-state index contributed by atoms with van der Waals surface area (Å²) in [5, 5.41) is 16.4. The van der Waals surface area contributed by atoms with Gasteiger partial charge in [-0.1, -0.05) is 11.3 Å². The molecule has 7 nitrogen and oxygen atoms in total. The highest BCUT2D eigenvalue weighted by Crippen LogP contribution is 2.40. The van der Waals surface area contributed by atoms with Gasteiger partial charge in [-0.25, -0.2) is 13.6 Å². The van der Waals surface area contributed by atoms with Crippen molar-refractivity contribution in [3.63, 3.8) is 0 Å². The monoisotopic (exact) mass is 291 g/mol. The van der Waals surface area contributed by atoms with E-state index >= 15 is 0 Å². The van der Waals surface area contributed by atoms with Gasteiger partial charge in [0, 0.05) is 19.2 Å². The molecule has 1 fully saturated rings. The summed E-state index contributed by atoms with van der Waals surface area (Å²) >= 11 is 0.873. The van der Waals surface area contributed by atoms with Gasteiger partial charge in [-0.05, 0) is 19.3 Å². The first-order valence-electron chi connectivity index (χ1n) is 5.45. The van der Waals surface area contributed by atoms with Crippen LogP contribution in [0, 0.1) is 10.1 Å². The molecule has 1 aromatic heterocycles. The molecule has 9 heteroatoms. The van der Waals surface area contributed by atoms with E-state index in [2.05, 4.69) is 0 Å². The Labute approximate surface area is 108 Å². The Balaban J connectivity index is 2.44. The van der Waals surface area contributed by atoms with E-state index in [0.717, 1.165) is 36.7 Å². The molecule has 1 aromatic rings. The molecule has 100 valence electrons. The Hall–Kier alpha value is -1.19. The van der Waals surface area contributed by atoms with Gasteiger partial charge in [0.05, 0.1) is 4.92 Å². The molecule has 2 heterocycles. The zero-order chi connectivity index (χ0) is 13.3. The maximum atomic E-state index is 11.3. The first-order valence-corrected chi connectivity index (χ1v) is 7.82. The Morgan fingerprint density at radius 1 is 1.33 bits per heavy atom. The van der Waals surface area contributed by atoms with Gasteiger partial charge >= 0.3 is 5.69 Å². The summed E-state index contributed by atoms with van der Waals surface area (Å²) in [4.78, 5) is 12.3. The first-order chi connectivity index (χ1) is 8.39. The van der Waals surface area contributed by atoms with Crippen LogP contribution in [0.15, 0.2) is 10.3 Å². The van der Waals surface area contributed by atoms with E-state index < -0.39 is 14.9 Å². The Bertz CT molecular complexity index is 560. The van der Waals surface area contributed by atoms with Crippen LogP contribution in [0.25, 0.3) is 0 Å². The number of hydrogen-bond acceptors (Lipinski definition) is 6. The predicted molar refractivity (Wildman–Crippen MR) is 68.4 cm³/mol. The summed E-state index contributed by atoms with van der Waals surface area (Å²) in [5.74, 6) is 0. The lowest BCUT2D eigenvalue weighted by Crippen LogP contribution is -2.29. The van der Waals surface area contributed by atoms with Crippen molar-refractivity contribution >= 4 is 32.0 Å². The van der Waals surface area contributed by atoms with Crippen LogP contribution >= 0.6 is 11.3 Å². The molecule has 0 aromatic carbocycles. The van der Waals surface area contributed by atoms with Gasteiger partial charge in [-0.2, -0.15) is 0 Å². The molecule has 1 aliphatic rings. The van der Waals surface area contributed by atoms with E-state index in [1.165, 1.54) is 0 Å². The molecule has 1 saturated heterocycles. The molecular formula is C9H13N3O4S2. The molecule has 0 saturated carbocycles. The quantitative estimate of drug-likeness (QED) is 0.667. The second-order valence-electron chi connectivity index (χ2n) is 4.11. The zero-order valence-electron chi connectivity index (χ0n) is 9.53. The summed E-state index contributed by atoms with van der Waals surface area (Å²) in [7, 11) is -3.89. The number of nitro groups is 1. The number of anilines is 1. The minimum absolute atomic E-state index is 0.158. The zero-order valence-corrected chi connectivity index (χ0v) is 11.2. The third-order valence-electron chi connectivity index (χ3n) is 2.79. The minimum Gasteiger partial charge on any atom is -0.358 e. The Kier molecular flexibility index (Phi) is 3.55. The van der Waals surface area contributed by atoms with Crippen LogP contribution in [-0.4, -0.2) is 26.4 Å². The summed E-state index contributed by atoms with van der Waals surface area (Å²) in [6, 6.07) is 1.05. The van der Waals surface area contributed by atoms with Gasteiger partial charge < -0.3 is 4.90 Å². The first kappa shape index (κ1) is 13.2. The molecule has 1 aliphatic heterocycles. The molecule has 0 unspecified atom stereocenters. The molecule has 2 N–H and O–H groups in total. The molecule has 2 rings (SSSR count). The van der Waals surface area contributed by atoms with Crippen molar-refractivity contribution in [1.29, 1.82) is 0 Å². The molecular weight excluding hydrogens is 278 g/mol. The lowest BCUT2D eigenvalue weighted by atomic mass is 10.1. The second-order valence-corrected chi connectivity index (χ2v) is 6.92. The SMILES string of the molecule is NS(=O)(=O)c1cc([N+](=O)[O-])c(N2CCCCC2)s1. The fourth-order valence-electron chi connectivity index (χ4n) is 1.94. The van der Waals surface area contributed by atoms with E-state index in [0.29, 0.717) is 18.1 Å². The van der Waals surface area contributed by atoms with Crippen LogP contribution in [0.3, 0.4) is 0 Å². The van der Waals surface area contributed by atoms with Crippen LogP contribution < -0.4 is 10.0 Å². The fraction of sp³-hybridized carbons (Fsp3) is 0.556. The predicted octanol–water partition coefficient (Wildman–Crippen LogP) is 1.29. The second kappa shape index (κ2) is 4.82. The number of primary sulfonamides is 1. The summed E-state index contributed by atoms with van der Waals surface area (Å²) in [6.45, 7) is 1.43. The van der Waals surface area contributed by atoms with Gasteiger partial charge in [0.25, 0.3) is 0 Å². The third-order valence-corrected chi connectivity index (χ3v) is 5.40. The molecule has 0 radical (unpaired) electrons. The number of hydrogen-bond donors (Lipinski definition) is 1. The van der Waals surface area contributed by atoms with Crippen molar-refractivity contribution in [2.45, 2.75) is 23.5 Å². The number of nitrogens with two attached hydrogens (primary N) is 1. The molecule has 18 heavy (non-hydrogen) atoms.